The molecule has 10 nitrogen and oxygen atoms in total. The van der Waals surface area contributed by atoms with Gasteiger partial charge in [0.2, 0.25) is 10.0 Å². The number of carbonyl (C=O) groups excluding carboxylic acids is 1. The molecule has 1 aromatic rings. The molecule has 1 fully saturated rings. The van der Waals surface area contributed by atoms with Crippen LogP contribution in [0.1, 0.15) is 0 Å². The highest BCUT2D eigenvalue weighted by Gasteiger charge is 2.21. The molecule has 1 unspecified atom stereocenters. The molecule has 0 radical (unpaired) electrons. The molecule has 0 aliphatic carbocycles. The van der Waals surface area contributed by atoms with E-state index in [4.69, 9.17) is 4.74 Å². The van der Waals surface area contributed by atoms with Crippen LogP contribution in [0.5, 0.6) is 0 Å². The van der Waals surface area contributed by atoms with Crippen molar-refractivity contribution < 1.29 is 22.9 Å². The lowest BCUT2D eigenvalue weighted by Crippen LogP contribution is -2.49. The van der Waals surface area contributed by atoms with Gasteiger partial charge in [-0.3, -0.25) is 14.9 Å². The Morgan fingerprint density at radius 3 is 2.80 bits per heavy atom. The topological polar surface area (TPSA) is 140 Å². The molecule has 25 heavy (non-hydrogen) atoms. The summed E-state index contributed by atoms with van der Waals surface area (Å²) in [4.78, 5) is 21.6. The third-order valence-electron chi connectivity index (χ3n) is 3.28. The Morgan fingerprint density at radius 1 is 1.40 bits per heavy atom. The van der Waals surface area contributed by atoms with E-state index < -0.39 is 21.1 Å². The molecule has 0 aromatic heterocycles. The molecule has 0 saturated carbocycles. The Balaban J connectivity index is 0.00000312. The summed E-state index contributed by atoms with van der Waals surface area (Å²) in [7, 11) is -3.89. The highest BCUT2D eigenvalue weighted by molar-refractivity contribution is 7.89. The summed E-state index contributed by atoms with van der Waals surface area (Å²) in [6.07, 6.45) is -0.591. The van der Waals surface area contributed by atoms with E-state index in [-0.39, 0.29) is 42.0 Å². The van der Waals surface area contributed by atoms with Crippen LogP contribution in [0.3, 0.4) is 0 Å². The molecule has 1 amide bonds. The van der Waals surface area contributed by atoms with E-state index in [1.807, 2.05) is 0 Å². The highest BCUT2D eigenvalue weighted by atomic mass is 35.5. The average Bonchev–Trinajstić information content (AvgIpc) is 2.59. The summed E-state index contributed by atoms with van der Waals surface area (Å²) in [6.45, 7) is 1.57. The highest BCUT2D eigenvalue weighted by Crippen LogP contribution is 2.16. The Labute approximate surface area is 150 Å². The minimum absolute atomic E-state index is 0. The fourth-order valence-corrected chi connectivity index (χ4v) is 3.14. The van der Waals surface area contributed by atoms with Gasteiger partial charge in [0.15, 0.2) is 0 Å². The van der Waals surface area contributed by atoms with Gasteiger partial charge in [-0.25, -0.2) is 13.1 Å². The van der Waals surface area contributed by atoms with Gasteiger partial charge in [0.1, 0.15) is 6.10 Å². The van der Waals surface area contributed by atoms with Crippen LogP contribution in [-0.4, -0.2) is 58.1 Å². The maximum Gasteiger partial charge on any atom is 0.270 e. The molecule has 0 spiro atoms. The van der Waals surface area contributed by atoms with Crippen molar-refractivity contribution in [1.29, 1.82) is 0 Å². The van der Waals surface area contributed by atoms with Crippen LogP contribution in [-0.2, 0) is 19.6 Å². The number of sulfonamides is 1. The smallest absolute Gasteiger partial charge is 0.270 e. The number of halogens is 1. The van der Waals surface area contributed by atoms with Crippen molar-refractivity contribution in [2.75, 3.05) is 32.8 Å². The SMILES string of the molecule is Cl.O=C(NCCNS(=O)(=O)c1cccc([N+](=O)[O-])c1)C1CNCCO1. The molecule has 1 aliphatic heterocycles. The van der Waals surface area contributed by atoms with Crippen LogP contribution in [0.2, 0.25) is 0 Å². The first kappa shape index (κ1) is 21.3. The van der Waals surface area contributed by atoms with E-state index >= 15 is 0 Å². The van der Waals surface area contributed by atoms with Gasteiger partial charge in [0.05, 0.1) is 16.4 Å². The molecule has 1 saturated heterocycles. The normalized spacial score (nSPS) is 17.4. The van der Waals surface area contributed by atoms with Crippen LogP contribution in [0, 0.1) is 10.1 Å². The largest absolute Gasteiger partial charge is 0.366 e. The Morgan fingerprint density at radius 2 is 2.16 bits per heavy atom. The quantitative estimate of drug-likeness (QED) is 0.318. The number of morpholine rings is 1. The number of nitro groups is 1. The van der Waals surface area contributed by atoms with E-state index in [1.165, 1.54) is 18.2 Å². The van der Waals surface area contributed by atoms with E-state index in [2.05, 4.69) is 15.4 Å². The van der Waals surface area contributed by atoms with Gasteiger partial charge in [-0.2, -0.15) is 0 Å². The summed E-state index contributed by atoms with van der Waals surface area (Å²) in [5, 5.41) is 16.3. The number of hydrogen-bond acceptors (Lipinski definition) is 7. The van der Waals surface area contributed by atoms with Gasteiger partial charge in [0, 0.05) is 38.3 Å². The molecule has 12 heteroatoms. The number of carbonyl (C=O) groups is 1. The first-order chi connectivity index (χ1) is 11.4. The summed E-state index contributed by atoms with van der Waals surface area (Å²) in [6, 6.07) is 4.73. The zero-order valence-electron chi connectivity index (χ0n) is 13.1. The van der Waals surface area contributed by atoms with Crippen molar-refractivity contribution in [2.24, 2.45) is 0 Å². The fourth-order valence-electron chi connectivity index (χ4n) is 2.07. The number of nitro benzene ring substituents is 1. The molecular weight excluding hydrogens is 376 g/mol. The van der Waals surface area contributed by atoms with E-state index in [1.54, 1.807) is 0 Å². The average molecular weight is 395 g/mol. The number of nitrogens with one attached hydrogen (secondary N) is 3. The zero-order chi connectivity index (χ0) is 17.6. The monoisotopic (exact) mass is 394 g/mol. The molecule has 2 rings (SSSR count). The summed E-state index contributed by atoms with van der Waals surface area (Å²) in [5.41, 5.74) is -0.312. The first-order valence-corrected chi connectivity index (χ1v) is 8.72. The van der Waals surface area contributed by atoms with Crippen LogP contribution in [0.15, 0.2) is 29.2 Å². The van der Waals surface area contributed by atoms with Crippen LogP contribution >= 0.6 is 12.4 Å². The maximum absolute atomic E-state index is 12.1. The van der Waals surface area contributed by atoms with Gasteiger partial charge in [-0.1, -0.05) is 6.07 Å². The second-order valence-electron chi connectivity index (χ2n) is 5.01. The van der Waals surface area contributed by atoms with Gasteiger partial charge >= 0.3 is 0 Å². The number of ether oxygens (including phenoxy) is 1. The van der Waals surface area contributed by atoms with Crippen LogP contribution in [0.25, 0.3) is 0 Å². The van der Waals surface area contributed by atoms with Gasteiger partial charge in [-0.05, 0) is 6.07 Å². The number of hydrogen-bond donors (Lipinski definition) is 3. The van der Waals surface area contributed by atoms with Crippen molar-refractivity contribution in [1.82, 2.24) is 15.4 Å². The second kappa shape index (κ2) is 9.63. The predicted octanol–water partition coefficient (Wildman–Crippen LogP) is -0.600. The van der Waals surface area contributed by atoms with E-state index in [0.29, 0.717) is 19.7 Å². The zero-order valence-corrected chi connectivity index (χ0v) is 14.8. The standard InChI is InChI=1S/C13H18N4O6S.ClH/c18-13(12-9-14-6-7-23-12)15-4-5-16-24(21,22)11-3-1-2-10(8-11)17(19)20;/h1-3,8,12,14,16H,4-7,9H2,(H,15,18);1H. The lowest BCUT2D eigenvalue weighted by molar-refractivity contribution is -0.385. The van der Waals surface area contributed by atoms with Gasteiger partial charge < -0.3 is 15.4 Å². The van der Waals surface area contributed by atoms with Crippen molar-refractivity contribution in [3.63, 3.8) is 0 Å². The maximum atomic E-state index is 12.1. The number of nitrogens with zero attached hydrogens (tertiary/aromatic N) is 1. The van der Waals surface area contributed by atoms with Gasteiger partial charge in [-0.15, -0.1) is 12.4 Å². The Hall–Kier alpha value is -1.79. The summed E-state index contributed by atoms with van der Waals surface area (Å²) >= 11 is 0. The lowest BCUT2D eigenvalue weighted by Gasteiger charge is -2.22. The second-order valence-corrected chi connectivity index (χ2v) is 6.77. The number of rotatable bonds is 7. The molecule has 3 N–H and O–H groups in total. The number of benzene rings is 1. The van der Waals surface area contributed by atoms with Crippen LogP contribution < -0.4 is 15.4 Å². The number of amides is 1. The summed E-state index contributed by atoms with van der Waals surface area (Å²) in [5.74, 6) is -0.322. The first-order valence-electron chi connectivity index (χ1n) is 7.24. The van der Waals surface area contributed by atoms with E-state index in [9.17, 15) is 23.3 Å². The van der Waals surface area contributed by atoms with Crippen molar-refractivity contribution in [2.45, 2.75) is 11.0 Å². The molecular formula is C13H19ClN4O6S. The van der Waals surface area contributed by atoms with Crippen molar-refractivity contribution >= 4 is 34.0 Å². The third kappa shape index (κ3) is 6.21. The predicted molar refractivity (Wildman–Crippen MR) is 91.2 cm³/mol. The molecule has 1 aromatic carbocycles. The van der Waals surface area contributed by atoms with Crippen LogP contribution in [0.4, 0.5) is 5.69 Å². The Kier molecular flexibility index (Phi) is 8.19. The molecule has 0 bridgehead atoms. The van der Waals surface area contributed by atoms with Crippen molar-refractivity contribution in [3.05, 3.63) is 34.4 Å². The lowest BCUT2D eigenvalue weighted by atomic mass is 10.3. The number of non-ortho nitro benzene ring substituents is 1. The molecule has 140 valence electrons. The molecule has 1 aliphatic rings. The Bertz CT molecular complexity index is 708. The molecule has 1 atom stereocenters. The minimum Gasteiger partial charge on any atom is -0.366 e. The summed E-state index contributed by atoms with van der Waals surface area (Å²) < 4.78 is 31.7. The van der Waals surface area contributed by atoms with Gasteiger partial charge in [0.25, 0.3) is 11.6 Å². The fraction of sp³-hybridized carbons (Fsp3) is 0.462. The molecule has 1 heterocycles. The minimum atomic E-state index is -3.89. The van der Waals surface area contributed by atoms with Crippen molar-refractivity contribution in [3.8, 4) is 0 Å². The third-order valence-corrected chi connectivity index (χ3v) is 4.73. The van der Waals surface area contributed by atoms with E-state index in [0.717, 1.165) is 6.07 Å².